The molecule has 0 amide bonds. The molecule has 148 valence electrons. The number of alkyl halides is 3. The van der Waals surface area contributed by atoms with Crippen molar-refractivity contribution in [3.63, 3.8) is 0 Å². The van der Waals surface area contributed by atoms with Crippen molar-refractivity contribution in [3.8, 4) is 5.88 Å². The number of pyridine rings is 1. The number of ether oxygens (including phenoxy) is 1. The summed E-state index contributed by atoms with van der Waals surface area (Å²) < 4.78 is 42.8. The van der Waals surface area contributed by atoms with Gasteiger partial charge in [-0.2, -0.15) is 18.3 Å². The van der Waals surface area contributed by atoms with E-state index in [1.807, 2.05) is 23.9 Å². The molecule has 10 heteroatoms. The van der Waals surface area contributed by atoms with E-state index in [0.717, 1.165) is 25.1 Å². The van der Waals surface area contributed by atoms with E-state index >= 15 is 0 Å². The van der Waals surface area contributed by atoms with Crippen LogP contribution in [0.5, 0.6) is 5.88 Å². The first-order valence-corrected chi connectivity index (χ1v) is 8.60. The molecule has 0 bridgehead atoms. The van der Waals surface area contributed by atoms with E-state index < -0.39 is 12.8 Å². The minimum Gasteiger partial charge on any atom is -0.468 e. The van der Waals surface area contributed by atoms with Crippen LogP contribution in [0.2, 0.25) is 0 Å². The first-order chi connectivity index (χ1) is 13.0. The molecule has 0 aliphatic rings. The summed E-state index contributed by atoms with van der Waals surface area (Å²) in [4.78, 5) is 8.31. The molecule has 2 N–H and O–H groups in total. The predicted octanol–water partition coefficient (Wildman–Crippen LogP) is 2.36. The Morgan fingerprint density at radius 2 is 2.15 bits per heavy atom. The molecule has 2 aromatic heterocycles. The molecular weight excluding hydrogens is 361 g/mol. The van der Waals surface area contributed by atoms with Crippen molar-refractivity contribution < 1.29 is 17.9 Å². The SMILES string of the molecule is CCNC(=NCc1ccc(OCC(F)(F)F)nc1)NCCCn1cccn1. The minimum atomic E-state index is -4.38. The number of aliphatic imine (C=N–C) groups is 1. The summed E-state index contributed by atoms with van der Waals surface area (Å²) in [6.45, 7) is 3.21. The second kappa shape index (κ2) is 10.4. The van der Waals surface area contributed by atoms with E-state index in [0.29, 0.717) is 19.0 Å². The summed E-state index contributed by atoms with van der Waals surface area (Å²) in [6.07, 6.45) is 1.62. The molecule has 0 aliphatic carbocycles. The van der Waals surface area contributed by atoms with Gasteiger partial charge in [-0.1, -0.05) is 6.07 Å². The van der Waals surface area contributed by atoms with Gasteiger partial charge in [0.25, 0.3) is 0 Å². The molecule has 2 rings (SSSR count). The van der Waals surface area contributed by atoms with E-state index in [1.54, 1.807) is 12.3 Å². The average Bonchev–Trinajstić information content (AvgIpc) is 3.15. The molecule has 2 aromatic rings. The lowest BCUT2D eigenvalue weighted by atomic mass is 10.3. The fourth-order valence-electron chi connectivity index (χ4n) is 2.14. The molecule has 0 spiro atoms. The highest BCUT2D eigenvalue weighted by Crippen LogP contribution is 2.17. The fraction of sp³-hybridized carbons (Fsp3) is 0.471. The highest BCUT2D eigenvalue weighted by Gasteiger charge is 2.28. The Bertz CT molecular complexity index is 686. The van der Waals surface area contributed by atoms with Gasteiger partial charge < -0.3 is 15.4 Å². The number of nitrogens with zero attached hydrogens (tertiary/aromatic N) is 4. The summed E-state index contributed by atoms with van der Waals surface area (Å²) in [7, 11) is 0. The van der Waals surface area contributed by atoms with Gasteiger partial charge in [0.05, 0.1) is 6.54 Å². The maximum absolute atomic E-state index is 12.1. The topological polar surface area (TPSA) is 76.4 Å². The van der Waals surface area contributed by atoms with Crippen molar-refractivity contribution >= 4 is 5.96 Å². The quantitative estimate of drug-likeness (QED) is 0.394. The van der Waals surface area contributed by atoms with Crippen molar-refractivity contribution in [2.45, 2.75) is 32.6 Å². The Morgan fingerprint density at radius 3 is 2.78 bits per heavy atom. The summed E-state index contributed by atoms with van der Waals surface area (Å²) in [5, 5.41) is 10.5. The first kappa shape index (κ1) is 20.5. The number of halogens is 3. The molecule has 0 aromatic carbocycles. The Morgan fingerprint density at radius 1 is 1.30 bits per heavy atom. The molecule has 7 nitrogen and oxygen atoms in total. The molecular formula is C17H23F3N6O. The summed E-state index contributed by atoms with van der Waals surface area (Å²) in [5.41, 5.74) is 0.767. The summed E-state index contributed by atoms with van der Waals surface area (Å²) in [5.74, 6) is 0.596. The average molecular weight is 384 g/mol. The zero-order valence-electron chi connectivity index (χ0n) is 15.0. The second-order valence-electron chi connectivity index (χ2n) is 5.65. The lowest BCUT2D eigenvalue weighted by Crippen LogP contribution is -2.38. The monoisotopic (exact) mass is 384 g/mol. The Kier molecular flexibility index (Phi) is 7.90. The van der Waals surface area contributed by atoms with Gasteiger partial charge in [0, 0.05) is 44.3 Å². The largest absolute Gasteiger partial charge is 0.468 e. The third-order valence-corrected chi connectivity index (χ3v) is 3.36. The van der Waals surface area contributed by atoms with Crippen LogP contribution in [0.3, 0.4) is 0 Å². The van der Waals surface area contributed by atoms with Gasteiger partial charge >= 0.3 is 6.18 Å². The van der Waals surface area contributed by atoms with E-state index in [2.05, 4.69) is 30.4 Å². The van der Waals surface area contributed by atoms with Crippen molar-refractivity contribution in [3.05, 3.63) is 42.4 Å². The molecule has 0 unspecified atom stereocenters. The van der Waals surface area contributed by atoms with Gasteiger partial charge in [0.1, 0.15) is 0 Å². The number of hydrogen-bond donors (Lipinski definition) is 2. The van der Waals surface area contributed by atoms with Crippen LogP contribution in [0.25, 0.3) is 0 Å². The van der Waals surface area contributed by atoms with E-state index in [1.165, 1.54) is 12.3 Å². The Labute approximate surface area is 155 Å². The van der Waals surface area contributed by atoms with Crippen molar-refractivity contribution in [2.24, 2.45) is 4.99 Å². The molecule has 27 heavy (non-hydrogen) atoms. The Hall–Kier alpha value is -2.78. The van der Waals surface area contributed by atoms with Gasteiger partial charge in [-0.3, -0.25) is 4.68 Å². The van der Waals surface area contributed by atoms with Crippen LogP contribution in [0.15, 0.2) is 41.8 Å². The third-order valence-electron chi connectivity index (χ3n) is 3.36. The van der Waals surface area contributed by atoms with Gasteiger partial charge in [-0.25, -0.2) is 9.98 Å². The second-order valence-corrected chi connectivity index (χ2v) is 5.65. The lowest BCUT2D eigenvalue weighted by molar-refractivity contribution is -0.154. The van der Waals surface area contributed by atoms with E-state index in [-0.39, 0.29) is 5.88 Å². The molecule has 0 saturated carbocycles. The number of rotatable bonds is 9. The number of guanidine groups is 1. The third kappa shape index (κ3) is 8.43. The summed E-state index contributed by atoms with van der Waals surface area (Å²) in [6, 6.07) is 4.93. The lowest BCUT2D eigenvalue weighted by Gasteiger charge is -2.11. The van der Waals surface area contributed by atoms with Crippen LogP contribution in [-0.4, -0.2) is 46.6 Å². The molecule has 0 saturated heterocycles. The standard InChI is InChI=1S/C17H23F3N6O/c1-2-21-16(22-7-3-9-26-10-4-8-25-26)24-12-14-5-6-15(23-11-14)27-13-17(18,19)20/h4-6,8,10-11H,2-3,7,9,12-13H2,1H3,(H2,21,22,24). The Balaban J connectivity index is 1.78. The molecule has 0 fully saturated rings. The maximum atomic E-state index is 12.1. The maximum Gasteiger partial charge on any atom is 0.422 e. The van der Waals surface area contributed by atoms with Crippen LogP contribution in [0.1, 0.15) is 18.9 Å². The van der Waals surface area contributed by atoms with Crippen LogP contribution >= 0.6 is 0 Å². The molecule has 2 heterocycles. The number of hydrogen-bond acceptors (Lipinski definition) is 4. The van der Waals surface area contributed by atoms with Crippen LogP contribution < -0.4 is 15.4 Å². The van der Waals surface area contributed by atoms with Crippen molar-refractivity contribution in [1.82, 2.24) is 25.4 Å². The number of aryl methyl sites for hydroxylation is 1. The van der Waals surface area contributed by atoms with Crippen LogP contribution in [0, 0.1) is 0 Å². The first-order valence-electron chi connectivity index (χ1n) is 8.60. The normalized spacial score (nSPS) is 12.1. The molecule has 0 atom stereocenters. The minimum absolute atomic E-state index is 0.0660. The highest BCUT2D eigenvalue weighted by molar-refractivity contribution is 5.79. The number of nitrogens with one attached hydrogen (secondary N) is 2. The van der Waals surface area contributed by atoms with Gasteiger partial charge in [-0.05, 0) is 25.0 Å². The molecule has 0 aliphatic heterocycles. The van der Waals surface area contributed by atoms with Crippen molar-refractivity contribution in [2.75, 3.05) is 19.7 Å². The zero-order chi connectivity index (χ0) is 19.5. The van der Waals surface area contributed by atoms with E-state index in [4.69, 9.17) is 0 Å². The van der Waals surface area contributed by atoms with Crippen molar-refractivity contribution in [1.29, 1.82) is 0 Å². The smallest absolute Gasteiger partial charge is 0.422 e. The number of aromatic nitrogens is 3. The fourth-order valence-corrected chi connectivity index (χ4v) is 2.14. The molecule has 0 radical (unpaired) electrons. The highest BCUT2D eigenvalue weighted by atomic mass is 19.4. The van der Waals surface area contributed by atoms with Gasteiger partial charge in [-0.15, -0.1) is 0 Å². The van der Waals surface area contributed by atoms with E-state index in [9.17, 15) is 13.2 Å². The zero-order valence-corrected chi connectivity index (χ0v) is 15.0. The predicted molar refractivity (Wildman–Crippen MR) is 95.4 cm³/mol. The van der Waals surface area contributed by atoms with Gasteiger partial charge in [0.15, 0.2) is 12.6 Å². The van der Waals surface area contributed by atoms with Crippen LogP contribution in [0.4, 0.5) is 13.2 Å². The summed E-state index contributed by atoms with van der Waals surface area (Å²) >= 11 is 0. The van der Waals surface area contributed by atoms with Gasteiger partial charge in [0.2, 0.25) is 5.88 Å². The van der Waals surface area contributed by atoms with Crippen LogP contribution in [-0.2, 0) is 13.1 Å².